The zero-order chi connectivity index (χ0) is 16.4. The van der Waals surface area contributed by atoms with Crippen molar-refractivity contribution in [3.63, 3.8) is 0 Å². The van der Waals surface area contributed by atoms with E-state index in [1.165, 1.54) is 16.2 Å². The van der Waals surface area contributed by atoms with E-state index in [4.69, 9.17) is 11.5 Å². The van der Waals surface area contributed by atoms with Crippen molar-refractivity contribution in [2.24, 2.45) is 5.73 Å². The van der Waals surface area contributed by atoms with Crippen LogP contribution < -0.4 is 16.8 Å². The van der Waals surface area contributed by atoms with Crippen LogP contribution in [0, 0.1) is 0 Å². The molecule has 0 bridgehead atoms. The maximum Gasteiger partial charge on any atom is 0.268 e. The van der Waals surface area contributed by atoms with Crippen LogP contribution in [0.4, 0.5) is 10.9 Å². The van der Waals surface area contributed by atoms with Crippen molar-refractivity contribution < 1.29 is 9.59 Å². The summed E-state index contributed by atoms with van der Waals surface area (Å²) in [5.41, 5.74) is 10.8. The van der Waals surface area contributed by atoms with Crippen molar-refractivity contribution in [1.82, 2.24) is 9.88 Å². The fourth-order valence-electron chi connectivity index (χ4n) is 1.65. The monoisotopic (exact) mass is 313 g/mol. The number of hydrogen-bond donors (Lipinski definition) is 3. The predicted octanol–water partition coefficient (Wildman–Crippen LogP) is 1.27. The minimum absolute atomic E-state index is 0.143. The molecule has 5 N–H and O–H groups in total. The second-order valence-electron chi connectivity index (χ2n) is 6.10. The number of nitrogens with one attached hydrogen (secondary N) is 1. The molecule has 7 nitrogen and oxygen atoms in total. The number of carbonyl (C=O) groups excluding carboxylic acids is 2. The van der Waals surface area contributed by atoms with Crippen molar-refractivity contribution in [2.75, 3.05) is 17.6 Å². The molecule has 0 saturated carbocycles. The summed E-state index contributed by atoms with van der Waals surface area (Å²) in [5, 5.41) is 3.75. The van der Waals surface area contributed by atoms with Crippen LogP contribution in [0.25, 0.3) is 0 Å². The Kier molecular flexibility index (Phi) is 5.16. The molecule has 0 aliphatic rings. The average Bonchev–Trinajstić information content (AvgIpc) is 2.63. The summed E-state index contributed by atoms with van der Waals surface area (Å²) in [7, 11) is 0. The van der Waals surface area contributed by atoms with Crippen molar-refractivity contribution in [3.05, 3.63) is 4.88 Å². The smallest absolute Gasteiger partial charge is 0.268 e. The lowest BCUT2D eigenvalue weighted by Crippen LogP contribution is -2.42. The van der Waals surface area contributed by atoms with Crippen LogP contribution in [0.1, 0.15) is 44.3 Å². The topological polar surface area (TPSA) is 114 Å². The lowest BCUT2D eigenvalue weighted by Gasteiger charge is -2.24. The first-order valence-corrected chi connectivity index (χ1v) is 7.46. The Morgan fingerprint density at radius 1 is 1.38 bits per heavy atom. The minimum Gasteiger partial charge on any atom is -0.382 e. The third-order valence-electron chi connectivity index (χ3n) is 2.54. The number of hydrogen-bond acceptors (Lipinski definition) is 6. The number of primary amides is 1. The molecule has 1 rings (SSSR count). The van der Waals surface area contributed by atoms with E-state index < -0.39 is 5.91 Å². The number of nitrogen functional groups attached to an aromatic ring is 1. The van der Waals surface area contributed by atoms with Gasteiger partial charge in [-0.25, -0.2) is 4.98 Å². The molecule has 0 aromatic carbocycles. The van der Waals surface area contributed by atoms with Crippen LogP contribution in [-0.2, 0) is 4.79 Å². The Hall–Kier alpha value is -1.83. The highest BCUT2D eigenvalue weighted by Crippen LogP contribution is 2.28. The average molecular weight is 313 g/mol. The molecule has 8 heteroatoms. The van der Waals surface area contributed by atoms with E-state index in [2.05, 4.69) is 10.3 Å². The highest BCUT2D eigenvalue weighted by molar-refractivity contribution is 7.18. The van der Waals surface area contributed by atoms with Gasteiger partial charge in [0.2, 0.25) is 5.91 Å². The van der Waals surface area contributed by atoms with Gasteiger partial charge in [-0.15, -0.1) is 0 Å². The second-order valence-corrected chi connectivity index (χ2v) is 7.10. The van der Waals surface area contributed by atoms with E-state index in [0.717, 1.165) is 0 Å². The fourth-order valence-corrected chi connectivity index (χ4v) is 2.70. The fraction of sp³-hybridized carbons (Fsp3) is 0.615. The van der Waals surface area contributed by atoms with Gasteiger partial charge >= 0.3 is 0 Å². The standard InChI is InChI=1S/C13H23N5O2S/c1-7(2)18(6-8(14)19)11(20)9-10(15)16-12(21-9)17-13(3,4)5/h7H,6,15H2,1-5H3,(H2,14,19)(H,16,17). The van der Waals surface area contributed by atoms with Crippen molar-refractivity contribution >= 4 is 34.1 Å². The van der Waals surface area contributed by atoms with Crippen LogP contribution in [0.15, 0.2) is 0 Å². The first-order chi connectivity index (χ1) is 9.51. The number of nitrogens with two attached hydrogens (primary N) is 2. The van der Waals surface area contributed by atoms with Crippen LogP contribution in [-0.4, -0.2) is 39.8 Å². The van der Waals surface area contributed by atoms with Gasteiger partial charge < -0.3 is 21.7 Å². The molecular weight excluding hydrogens is 290 g/mol. The molecule has 0 aliphatic carbocycles. The molecule has 2 amide bonds. The third kappa shape index (κ3) is 4.89. The number of anilines is 2. The van der Waals surface area contributed by atoms with Gasteiger partial charge in [0, 0.05) is 11.6 Å². The normalized spacial score (nSPS) is 11.5. The molecule has 118 valence electrons. The lowest BCUT2D eigenvalue weighted by atomic mass is 10.1. The molecule has 0 unspecified atom stereocenters. The Balaban J connectivity index is 3.03. The molecule has 1 aromatic rings. The highest BCUT2D eigenvalue weighted by Gasteiger charge is 2.26. The van der Waals surface area contributed by atoms with Crippen LogP contribution >= 0.6 is 11.3 Å². The van der Waals surface area contributed by atoms with E-state index in [1.807, 2.05) is 34.6 Å². The maximum absolute atomic E-state index is 12.5. The number of rotatable bonds is 5. The Labute approximate surface area is 128 Å². The van der Waals surface area contributed by atoms with E-state index in [-0.39, 0.29) is 29.9 Å². The first kappa shape index (κ1) is 17.2. The Morgan fingerprint density at radius 2 is 1.95 bits per heavy atom. The number of carbonyl (C=O) groups is 2. The van der Waals surface area contributed by atoms with Crippen molar-refractivity contribution in [3.8, 4) is 0 Å². The van der Waals surface area contributed by atoms with Gasteiger partial charge in [0.25, 0.3) is 5.91 Å². The molecule has 0 atom stereocenters. The summed E-state index contributed by atoms with van der Waals surface area (Å²) in [4.78, 5) is 29.5. The summed E-state index contributed by atoms with van der Waals surface area (Å²) < 4.78 is 0. The van der Waals surface area contributed by atoms with Crippen LogP contribution in [0.3, 0.4) is 0 Å². The second kappa shape index (κ2) is 6.30. The molecule has 0 radical (unpaired) electrons. The van der Waals surface area contributed by atoms with Gasteiger partial charge in [-0.05, 0) is 34.6 Å². The third-order valence-corrected chi connectivity index (χ3v) is 3.51. The van der Waals surface area contributed by atoms with E-state index in [0.29, 0.717) is 10.0 Å². The number of aromatic nitrogens is 1. The van der Waals surface area contributed by atoms with E-state index >= 15 is 0 Å². The quantitative estimate of drug-likeness (QED) is 0.757. The zero-order valence-corrected chi connectivity index (χ0v) is 13.9. The number of nitrogens with zero attached hydrogens (tertiary/aromatic N) is 2. The summed E-state index contributed by atoms with van der Waals surface area (Å²) in [5.74, 6) is -0.735. The maximum atomic E-state index is 12.5. The molecule has 1 heterocycles. The van der Waals surface area contributed by atoms with Crippen molar-refractivity contribution in [1.29, 1.82) is 0 Å². The highest BCUT2D eigenvalue weighted by atomic mass is 32.1. The molecule has 0 fully saturated rings. The minimum atomic E-state index is -0.562. The largest absolute Gasteiger partial charge is 0.382 e. The number of thiazole rings is 1. The predicted molar refractivity (Wildman–Crippen MR) is 85.3 cm³/mol. The lowest BCUT2D eigenvalue weighted by molar-refractivity contribution is -0.119. The summed E-state index contributed by atoms with van der Waals surface area (Å²) in [6, 6.07) is -0.162. The van der Waals surface area contributed by atoms with Gasteiger partial charge in [-0.2, -0.15) is 0 Å². The Morgan fingerprint density at radius 3 is 2.38 bits per heavy atom. The van der Waals surface area contributed by atoms with Gasteiger partial charge in [0.05, 0.1) is 6.54 Å². The molecule has 0 spiro atoms. The van der Waals surface area contributed by atoms with Crippen LogP contribution in [0.5, 0.6) is 0 Å². The molecule has 0 aliphatic heterocycles. The summed E-state index contributed by atoms with van der Waals surface area (Å²) >= 11 is 1.18. The van der Waals surface area contributed by atoms with Gasteiger partial charge in [0.15, 0.2) is 5.13 Å². The van der Waals surface area contributed by atoms with Crippen molar-refractivity contribution in [2.45, 2.75) is 46.2 Å². The molecule has 1 aromatic heterocycles. The molecule has 0 saturated heterocycles. The number of amides is 2. The summed E-state index contributed by atoms with van der Waals surface area (Å²) in [6.07, 6.45) is 0. The van der Waals surface area contributed by atoms with E-state index in [1.54, 1.807) is 0 Å². The van der Waals surface area contributed by atoms with Gasteiger partial charge in [-0.3, -0.25) is 9.59 Å². The van der Waals surface area contributed by atoms with Gasteiger partial charge in [0.1, 0.15) is 10.7 Å². The van der Waals surface area contributed by atoms with Crippen LogP contribution in [0.2, 0.25) is 0 Å². The molecular formula is C13H23N5O2S. The SMILES string of the molecule is CC(C)N(CC(N)=O)C(=O)c1sc(NC(C)(C)C)nc1N. The zero-order valence-electron chi connectivity index (χ0n) is 13.1. The Bertz CT molecular complexity index is 533. The van der Waals surface area contributed by atoms with E-state index in [9.17, 15) is 9.59 Å². The molecule has 21 heavy (non-hydrogen) atoms. The first-order valence-electron chi connectivity index (χ1n) is 6.65. The van der Waals surface area contributed by atoms with Gasteiger partial charge in [-0.1, -0.05) is 11.3 Å². The summed E-state index contributed by atoms with van der Waals surface area (Å²) in [6.45, 7) is 9.44.